The number of thiophene rings is 1. The first-order valence-electron chi connectivity index (χ1n) is 12.0. The largest absolute Gasteiger partial charge is 0.467 e. The molecule has 1 aromatic carbocycles. The Kier molecular flexibility index (Phi) is 9.15. The maximum atomic E-state index is 12.9. The standard InChI is InChI=1S/C28H26ClN5O4S/c1-17-18(2)39-28-25(17)26(20-9-11-21(29)12-10-20)31-22(27-33-32-19(3)34(27)28)15-23(35)30-13-7-5-6-8-14-38-16-24(36)37-4/h9-12,22H,13-16H2,1-4H3,(H,30,35)/t22-/m0/s1. The number of esters is 1. The molecule has 9 nitrogen and oxygen atoms in total. The Balaban J connectivity index is 1.53. The first-order chi connectivity index (χ1) is 18.8. The number of amides is 1. The number of benzene rings is 1. The lowest BCUT2D eigenvalue weighted by Gasteiger charge is -2.12. The van der Waals surface area contributed by atoms with Crippen molar-refractivity contribution in [2.75, 3.05) is 26.9 Å². The van der Waals surface area contributed by atoms with Gasteiger partial charge in [0, 0.05) is 21.0 Å². The molecule has 39 heavy (non-hydrogen) atoms. The van der Waals surface area contributed by atoms with Gasteiger partial charge in [-0.05, 0) is 50.3 Å². The van der Waals surface area contributed by atoms with E-state index in [0.29, 0.717) is 10.8 Å². The van der Waals surface area contributed by atoms with Crippen LogP contribution in [0.15, 0.2) is 29.3 Å². The Morgan fingerprint density at radius 3 is 2.62 bits per heavy atom. The first kappa shape index (κ1) is 28.1. The maximum absolute atomic E-state index is 12.9. The number of methoxy groups -OCH3 is 1. The van der Waals surface area contributed by atoms with Crippen LogP contribution < -0.4 is 5.32 Å². The Morgan fingerprint density at radius 1 is 1.13 bits per heavy atom. The third kappa shape index (κ3) is 6.55. The summed E-state index contributed by atoms with van der Waals surface area (Å²) in [6.07, 6.45) is 0.0664. The van der Waals surface area contributed by atoms with E-state index in [9.17, 15) is 9.59 Å². The fourth-order valence-electron chi connectivity index (χ4n) is 3.94. The van der Waals surface area contributed by atoms with Crippen molar-refractivity contribution in [2.45, 2.75) is 33.2 Å². The van der Waals surface area contributed by atoms with Crippen LogP contribution >= 0.6 is 22.9 Å². The Bertz CT molecular complexity index is 1550. The van der Waals surface area contributed by atoms with E-state index in [1.165, 1.54) is 12.0 Å². The predicted molar refractivity (Wildman–Crippen MR) is 149 cm³/mol. The molecule has 1 atom stereocenters. The van der Waals surface area contributed by atoms with Gasteiger partial charge in [-0.1, -0.05) is 35.6 Å². The number of nitrogens with one attached hydrogen (secondary N) is 1. The molecule has 0 aliphatic carbocycles. The topological polar surface area (TPSA) is 108 Å². The van der Waals surface area contributed by atoms with Gasteiger partial charge in [-0.15, -0.1) is 21.5 Å². The van der Waals surface area contributed by atoms with Gasteiger partial charge in [-0.25, -0.2) is 4.79 Å². The summed E-state index contributed by atoms with van der Waals surface area (Å²) in [7, 11) is 1.28. The smallest absolute Gasteiger partial charge is 0.331 e. The van der Waals surface area contributed by atoms with E-state index in [1.807, 2.05) is 35.8 Å². The molecule has 0 spiro atoms. The lowest BCUT2D eigenvalue weighted by molar-refractivity contribution is -0.145. The summed E-state index contributed by atoms with van der Waals surface area (Å²) in [5, 5.41) is 13.1. The van der Waals surface area contributed by atoms with Crippen molar-refractivity contribution in [3.05, 3.63) is 62.5 Å². The zero-order valence-corrected chi connectivity index (χ0v) is 23.5. The second-order valence-corrected chi connectivity index (χ2v) is 10.2. The minimum absolute atomic E-state index is 0.0519. The summed E-state index contributed by atoms with van der Waals surface area (Å²) in [4.78, 5) is 30.1. The van der Waals surface area contributed by atoms with Gasteiger partial charge in [-0.3, -0.25) is 14.4 Å². The van der Waals surface area contributed by atoms with Crippen molar-refractivity contribution < 1.29 is 19.1 Å². The molecule has 0 bridgehead atoms. The lowest BCUT2D eigenvalue weighted by Crippen LogP contribution is -2.25. The molecule has 200 valence electrons. The van der Waals surface area contributed by atoms with Crippen LogP contribution in [0, 0.1) is 44.5 Å². The summed E-state index contributed by atoms with van der Waals surface area (Å²) < 4.78 is 11.5. The number of carbonyl (C=O) groups excluding carboxylic acids is 2. The van der Waals surface area contributed by atoms with E-state index in [2.05, 4.69) is 57.8 Å². The molecule has 3 aromatic rings. The van der Waals surface area contributed by atoms with Crippen molar-refractivity contribution >= 4 is 40.5 Å². The first-order valence-corrected chi connectivity index (χ1v) is 13.2. The highest BCUT2D eigenvalue weighted by atomic mass is 35.5. The van der Waals surface area contributed by atoms with Crippen molar-refractivity contribution in [3.63, 3.8) is 0 Å². The van der Waals surface area contributed by atoms with Crippen LogP contribution in [0.3, 0.4) is 0 Å². The Labute approximate surface area is 235 Å². The van der Waals surface area contributed by atoms with E-state index in [0.717, 1.165) is 33.2 Å². The number of hydrogen-bond donors (Lipinski definition) is 1. The SMILES string of the molecule is COC(=O)COCC#CC#CCNC(=O)C[C@@H]1N=C(c2ccc(Cl)cc2)c2c(sc(C)c2C)-n2c(C)nnc21. The van der Waals surface area contributed by atoms with Gasteiger partial charge in [0.05, 0.1) is 25.8 Å². The summed E-state index contributed by atoms with van der Waals surface area (Å²) >= 11 is 7.81. The van der Waals surface area contributed by atoms with Crippen molar-refractivity contribution in [3.8, 4) is 28.7 Å². The molecule has 0 fully saturated rings. The van der Waals surface area contributed by atoms with Gasteiger partial charge < -0.3 is 14.8 Å². The molecule has 1 aliphatic heterocycles. The molecule has 1 aliphatic rings. The number of fused-ring (bicyclic) bond motifs is 3. The molecule has 4 rings (SSSR count). The molecule has 1 N–H and O–H groups in total. The van der Waals surface area contributed by atoms with Gasteiger partial charge >= 0.3 is 5.97 Å². The average Bonchev–Trinajstić information content (AvgIpc) is 3.40. The quantitative estimate of drug-likeness (QED) is 0.268. The average molecular weight is 564 g/mol. The molecule has 0 saturated heterocycles. The summed E-state index contributed by atoms with van der Waals surface area (Å²) in [5.41, 5.74) is 3.82. The normalized spacial score (nSPS) is 13.5. The highest BCUT2D eigenvalue weighted by Crippen LogP contribution is 2.39. The monoisotopic (exact) mass is 563 g/mol. The summed E-state index contributed by atoms with van der Waals surface area (Å²) in [6, 6.07) is 6.97. The number of nitrogens with zero attached hydrogens (tertiary/aromatic N) is 4. The van der Waals surface area contributed by atoms with Crippen LogP contribution in [0.1, 0.15) is 45.7 Å². The van der Waals surface area contributed by atoms with E-state index in [-0.39, 0.29) is 32.1 Å². The van der Waals surface area contributed by atoms with Gasteiger partial charge in [-0.2, -0.15) is 0 Å². The number of aliphatic imine (C=N–C) groups is 1. The van der Waals surface area contributed by atoms with Crippen LogP contribution in [-0.2, 0) is 19.1 Å². The molecular formula is C28H26ClN5O4S. The van der Waals surface area contributed by atoms with E-state index < -0.39 is 12.0 Å². The minimum atomic E-state index is -0.559. The van der Waals surface area contributed by atoms with E-state index >= 15 is 0 Å². The van der Waals surface area contributed by atoms with Gasteiger partial charge in [0.25, 0.3) is 0 Å². The van der Waals surface area contributed by atoms with Crippen molar-refractivity contribution in [1.82, 2.24) is 20.1 Å². The molecule has 0 saturated carbocycles. The fourth-order valence-corrected chi connectivity index (χ4v) is 5.28. The molecule has 3 heterocycles. The number of rotatable bonds is 7. The zero-order chi connectivity index (χ0) is 27.9. The lowest BCUT2D eigenvalue weighted by atomic mass is 9.99. The molecule has 0 radical (unpaired) electrons. The van der Waals surface area contributed by atoms with Crippen LogP contribution in [0.2, 0.25) is 5.02 Å². The van der Waals surface area contributed by atoms with Gasteiger partial charge in [0.15, 0.2) is 5.82 Å². The maximum Gasteiger partial charge on any atom is 0.331 e. The third-order valence-corrected chi connectivity index (χ3v) is 7.42. The molecule has 1 amide bonds. The van der Waals surface area contributed by atoms with Crippen molar-refractivity contribution in [2.24, 2.45) is 4.99 Å². The molecular weight excluding hydrogens is 538 g/mol. The number of hydrogen-bond acceptors (Lipinski definition) is 8. The Hall–Kier alpha value is -3.96. The number of aryl methyl sites for hydroxylation is 2. The van der Waals surface area contributed by atoms with Gasteiger partial charge in [0.1, 0.15) is 30.1 Å². The van der Waals surface area contributed by atoms with Crippen molar-refractivity contribution in [1.29, 1.82) is 0 Å². The number of carbonyl (C=O) groups is 2. The highest BCUT2D eigenvalue weighted by molar-refractivity contribution is 7.15. The zero-order valence-electron chi connectivity index (χ0n) is 21.9. The molecule has 0 unspecified atom stereocenters. The Morgan fingerprint density at radius 2 is 1.87 bits per heavy atom. The summed E-state index contributed by atoms with van der Waals surface area (Å²) in [5.74, 6) is 11.3. The fraction of sp³-hybridized carbons (Fsp3) is 0.321. The second-order valence-electron chi connectivity index (χ2n) is 8.56. The molecule has 2 aromatic heterocycles. The highest BCUT2D eigenvalue weighted by Gasteiger charge is 2.32. The number of aromatic nitrogens is 3. The van der Waals surface area contributed by atoms with Crippen LogP contribution in [0.5, 0.6) is 0 Å². The summed E-state index contributed by atoms with van der Waals surface area (Å²) in [6.45, 7) is 6.06. The van der Waals surface area contributed by atoms with Gasteiger partial charge in [0.2, 0.25) is 5.91 Å². The van der Waals surface area contributed by atoms with Crippen LogP contribution in [-0.4, -0.2) is 59.2 Å². The van der Waals surface area contributed by atoms with Crippen LogP contribution in [0.25, 0.3) is 5.00 Å². The second kappa shape index (κ2) is 12.7. The molecule has 11 heteroatoms. The third-order valence-electron chi connectivity index (χ3n) is 5.97. The number of ether oxygens (including phenoxy) is 2. The van der Waals surface area contributed by atoms with Crippen LogP contribution in [0.4, 0.5) is 0 Å². The minimum Gasteiger partial charge on any atom is -0.467 e. The van der Waals surface area contributed by atoms with E-state index in [4.69, 9.17) is 21.3 Å². The van der Waals surface area contributed by atoms with E-state index in [1.54, 1.807) is 11.3 Å². The predicted octanol–water partition coefficient (Wildman–Crippen LogP) is 3.50. The number of halogens is 1.